The van der Waals surface area contributed by atoms with Gasteiger partial charge in [-0.15, -0.1) is 11.3 Å². The van der Waals surface area contributed by atoms with E-state index in [-0.39, 0.29) is 10.8 Å². The van der Waals surface area contributed by atoms with Crippen molar-refractivity contribution in [1.29, 1.82) is 0 Å². The summed E-state index contributed by atoms with van der Waals surface area (Å²) >= 11 is 0.996. The first-order valence-corrected chi connectivity index (χ1v) is 7.26. The van der Waals surface area contributed by atoms with Crippen LogP contribution in [0.15, 0.2) is 15.7 Å². The number of esters is 1. The summed E-state index contributed by atoms with van der Waals surface area (Å²) in [6.07, 6.45) is 0. The largest absolute Gasteiger partial charge is 0.465 e. The number of rotatable bonds is 5. The Bertz CT molecular complexity index is 495. The second kappa shape index (κ2) is 5.48. The van der Waals surface area contributed by atoms with Gasteiger partial charge in [0.2, 0.25) is 0 Å². The molecule has 0 saturated heterocycles. The molecule has 1 atom stereocenters. The summed E-state index contributed by atoms with van der Waals surface area (Å²) in [5.41, 5.74) is 5.81. The molecule has 6 nitrogen and oxygen atoms in total. The number of hydrogen-bond donors (Lipinski definition) is 2. The molecule has 17 heavy (non-hydrogen) atoms. The molecule has 0 aliphatic carbocycles. The summed E-state index contributed by atoms with van der Waals surface area (Å²) in [4.78, 5) is 11.3. The number of hydrogen-bond acceptors (Lipinski definition) is 6. The van der Waals surface area contributed by atoms with Crippen LogP contribution in [0, 0.1) is 0 Å². The van der Waals surface area contributed by atoms with Crippen LogP contribution in [0.25, 0.3) is 0 Å². The zero-order valence-corrected chi connectivity index (χ0v) is 11.1. The highest BCUT2D eigenvalue weighted by Gasteiger charge is 2.23. The minimum Gasteiger partial charge on any atom is -0.465 e. The zero-order chi connectivity index (χ0) is 13.1. The SMILES string of the molecule is CCOC(=O)C(C)NS(=O)(=O)c1cc(N)cs1. The van der Waals surface area contributed by atoms with Crippen LogP contribution in [-0.2, 0) is 19.6 Å². The van der Waals surface area contributed by atoms with Crippen molar-refractivity contribution in [3.8, 4) is 0 Å². The van der Waals surface area contributed by atoms with Gasteiger partial charge in [-0.1, -0.05) is 0 Å². The second-order valence-electron chi connectivity index (χ2n) is 3.29. The second-order valence-corrected chi connectivity index (χ2v) is 6.15. The summed E-state index contributed by atoms with van der Waals surface area (Å²) < 4.78 is 30.6. The molecule has 0 aromatic carbocycles. The van der Waals surface area contributed by atoms with E-state index in [0.29, 0.717) is 5.69 Å². The summed E-state index contributed by atoms with van der Waals surface area (Å²) in [5, 5.41) is 1.52. The first kappa shape index (κ1) is 13.9. The maximum absolute atomic E-state index is 11.8. The standard InChI is InChI=1S/C9H14N2O4S2/c1-3-15-9(12)6(2)11-17(13,14)8-4-7(10)5-16-8/h4-6,11H,3,10H2,1-2H3. The van der Waals surface area contributed by atoms with Gasteiger partial charge in [0.05, 0.1) is 6.61 Å². The quantitative estimate of drug-likeness (QED) is 0.767. The van der Waals surface area contributed by atoms with Gasteiger partial charge < -0.3 is 10.5 Å². The highest BCUT2D eigenvalue weighted by atomic mass is 32.2. The molecule has 1 rings (SSSR count). The molecule has 96 valence electrons. The first-order valence-electron chi connectivity index (χ1n) is 4.89. The lowest BCUT2D eigenvalue weighted by Gasteiger charge is -2.11. The molecule has 1 aromatic rings. The molecule has 8 heteroatoms. The lowest BCUT2D eigenvalue weighted by molar-refractivity contribution is -0.144. The Labute approximate surface area is 104 Å². The highest BCUT2D eigenvalue weighted by molar-refractivity contribution is 7.91. The van der Waals surface area contributed by atoms with E-state index in [1.54, 1.807) is 6.92 Å². The van der Waals surface area contributed by atoms with Crippen LogP contribution in [0.5, 0.6) is 0 Å². The predicted octanol–water partition coefficient (Wildman–Crippen LogP) is 0.560. The number of anilines is 1. The molecule has 0 aliphatic heterocycles. The van der Waals surface area contributed by atoms with Gasteiger partial charge in [0.15, 0.2) is 0 Å². The molecule has 1 unspecified atom stereocenters. The Kier molecular flexibility index (Phi) is 4.49. The molecular formula is C9H14N2O4S2. The van der Waals surface area contributed by atoms with E-state index in [2.05, 4.69) is 4.72 Å². The smallest absolute Gasteiger partial charge is 0.323 e. The third-order valence-electron chi connectivity index (χ3n) is 1.83. The van der Waals surface area contributed by atoms with Gasteiger partial charge >= 0.3 is 5.97 Å². The topological polar surface area (TPSA) is 98.5 Å². The number of nitrogens with two attached hydrogens (primary N) is 1. The average Bonchev–Trinajstić information content (AvgIpc) is 2.65. The van der Waals surface area contributed by atoms with Gasteiger partial charge in [0.25, 0.3) is 10.0 Å². The molecule has 0 bridgehead atoms. The van der Waals surface area contributed by atoms with Crippen molar-refractivity contribution in [2.75, 3.05) is 12.3 Å². The van der Waals surface area contributed by atoms with Crippen molar-refractivity contribution in [3.05, 3.63) is 11.4 Å². The Morgan fingerprint density at radius 2 is 2.29 bits per heavy atom. The number of thiophene rings is 1. The van der Waals surface area contributed by atoms with Crippen molar-refractivity contribution in [3.63, 3.8) is 0 Å². The lowest BCUT2D eigenvalue weighted by Crippen LogP contribution is -2.39. The Morgan fingerprint density at radius 3 is 2.76 bits per heavy atom. The molecule has 0 aliphatic rings. The summed E-state index contributed by atoms with van der Waals surface area (Å²) in [6, 6.07) is 0.411. The molecule has 0 amide bonds. The first-order chi connectivity index (χ1) is 7.86. The predicted molar refractivity (Wildman–Crippen MR) is 65.1 cm³/mol. The Morgan fingerprint density at radius 1 is 1.65 bits per heavy atom. The van der Waals surface area contributed by atoms with Crippen molar-refractivity contribution < 1.29 is 17.9 Å². The van der Waals surface area contributed by atoms with Crippen LogP contribution >= 0.6 is 11.3 Å². The molecular weight excluding hydrogens is 264 g/mol. The molecule has 0 saturated carbocycles. The van der Waals surface area contributed by atoms with Gasteiger partial charge in [-0.3, -0.25) is 4.79 Å². The van der Waals surface area contributed by atoms with Crippen molar-refractivity contribution in [2.24, 2.45) is 0 Å². The van der Waals surface area contributed by atoms with Crippen LogP contribution in [0.2, 0.25) is 0 Å². The number of carbonyl (C=O) groups excluding carboxylic acids is 1. The van der Waals surface area contributed by atoms with Crippen molar-refractivity contribution in [2.45, 2.75) is 24.1 Å². The number of ether oxygens (including phenoxy) is 1. The maximum atomic E-state index is 11.8. The van der Waals surface area contributed by atoms with E-state index in [4.69, 9.17) is 10.5 Å². The van der Waals surface area contributed by atoms with Gasteiger partial charge in [-0.2, -0.15) is 4.72 Å². The number of carbonyl (C=O) groups is 1. The molecule has 0 spiro atoms. The minimum absolute atomic E-state index is 0.0751. The van der Waals surface area contributed by atoms with Crippen LogP contribution < -0.4 is 10.5 Å². The fraction of sp³-hybridized carbons (Fsp3) is 0.444. The van der Waals surface area contributed by atoms with E-state index in [1.165, 1.54) is 18.4 Å². The van der Waals surface area contributed by atoms with Gasteiger partial charge in [0.1, 0.15) is 10.3 Å². The van der Waals surface area contributed by atoms with E-state index in [0.717, 1.165) is 11.3 Å². The number of sulfonamides is 1. The average molecular weight is 278 g/mol. The third kappa shape index (κ3) is 3.69. The molecule has 1 heterocycles. The number of nitrogen functional groups attached to an aromatic ring is 1. The summed E-state index contributed by atoms with van der Waals surface area (Å²) in [5.74, 6) is -0.611. The summed E-state index contributed by atoms with van der Waals surface area (Å²) in [6.45, 7) is 3.28. The van der Waals surface area contributed by atoms with E-state index in [1.807, 2.05) is 0 Å². The lowest BCUT2D eigenvalue weighted by atomic mass is 10.4. The minimum atomic E-state index is -3.71. The molecule has 1 aromatic heterocycles. The third-order valence-corrected chi connectivity index (χ3v) is 4.83. The van der Waals surface area contributed by atoms with E-state index in [9.17, 15) is 13.2 Å². The van der Waals surface area contributed by atoms with Crippen molar-refractivity contribution in [1.82, 2.24) is 4.72 Å². The number of nitrogens with one attached hydrogen (secondary N) is 1. The van der Waals surface area contributed by atoms with Crippen LogP contribution in [0.3, 0.4) is 0 Å². The van der Waals surface area contributed by atoms with Crippen LogP contribution in [-0.4, -0.2) is 27.0 Å². The molecule has 0 fully saturated rings. The molecule has 3 N–H and O–H groups in total. The van der Waals surface area contributed by atoms with E-state index < -0.39 is 22.0 Å². The normalized spacial score (nSPS) is 13.3. The Balaban J connectivity index is 2.77. The maximum Gasteiger partial charge on any atom is 0.323 e. The monoisotopic (exact) mass is 278 g/mol. The Hall–Kier alpha value is -1.12. The molecule has 0 radical (unpaired) electrons. The van der Waals surface area contributed by atoms with Crippen molar-refractivity contribution >= 4 is 33.0 Å². The van der Waals surface area contributed by atoms with Crippen LogP contribution in [0.1, 0.15) is 13.8 Å². The van der Waals surface area contributed by atoms with Gasteiger partial charge in [-0.05, 0) is 19.9 Å². The van der Waals surface area contributed by atoms with E-state index >= 15 is 0 Å². The fourth-order valence-corrected chi connectivity index (χ4v) is 3.37. The highest BCUT2D eigenvalue weighted by Crippen LogP contribution is 2.21. The van der Waals surface area contributed by atoms with Gasteiger partial charge in [0, 0.05) is 11.1 Å². The zero-order valence-electron chi connectivity index (χ0n) is 9.47. The van der Waals surface area contributed by atoms with Gasteiger partial charge in [-0.25, -0.2) is 8.42 Å². The summed E-state index contributed by atoms with van der Waals surface area (Å²) in [7, 11) is -3.71. The fourth-order valence-electron chi connectivity index (χ4n) is 1.08. The van der Waals surface area contributed by atoms with Crippen LogP contribution in [0.4, 0.5) is 5.69 Å².